The van der Waals surface area contributed by atoms with E-state index in [1.54, 1.807) is 12.1 Å². The molecule has 2 heterocycles. The summed E-state index contributed by atoms with van der Waals surface area (Å²) in [6.07, 6.45) is 2.31. The summed E-state index contributed by atoms with van der Waals surface area (Å²) >= 11 is 0. The van der Waals surface area contributed by atoms with Crippen LogP contribution in [-0.4, -0.2) is 59.7 Å². The highest BCUT2D eigenvalue weighted by atomic mass is 16.6. The van der Waals surface area contributed by atoms with Gasteiger partial charge in [0.1, 0.15) is 0 Å². The number of hydrogen-bond donors (Lipinski definition) is 1. The minimum Gasteiger partial charge on any atom is -0.379 e. The van der Waals surface area contributed by atoms with Crippen molar-refractivity contribution in [3.8, 4) is 0 Å². The van der Waals surface area contributed by atoms with Crippen molar-refractivity contribution >= 4 is 22.5 Å². The van der Waals surface area contributed by atoms with Gasteiger partial charge in [-0.1, -0.05) is 60.2 Å². The number of aromatic nitrogens is 1. The summed E-state index contributed by atoms with van der Waals surface area (Å²) in [5, 5.41) is 15.6. The van der Waals surface area contributed by atoms with Gasteiger partial charge in [-0.2, -0.15) is 0 Å². The zero-order valence-corrected chi connectivity index (χ0v) is 22.2. The maximum Gasteiger partial charge on any atom is 0.270 e. The first kappa shape index (κ1) is 26.6. The third-order valence-corrected chi connectivity index (χ3v) is 7.40. The Kier molecular flexibility index (Phi) is 8.34. The Morgan fingerprint density at radius 1 is 1.05 bits per heavy atom. The fraction of sp³-hybridized carbons (Fsp3) is 0.323. The molecule has 1 aromatic heterocycles. The minimum absolute atomic E-state index is 0.0387. The van der Waals surface area contributed by atoms with Gasteiger partial charge in [0.2, 0.25) is 5.91 Å². The monoisotopic (exact) mass is 526 g/mol. The number of aryl methyl sites for hydroxylation is 1. The molecule has 1 aliphatic heterocycles. The third kappa shape index (κ3) is 6.53. The topological polar surface area (TPSA) is 89.6 Å². The van der Waals surface area contributed by atoms with E-state index in [2.05, 4.69) is 45.2 Å². The van der Waals surface area contributed by atoms with Crippen LogP contribution < -0.4 is 5.32 Å². The van der Waals surface area contributed by atoms with Gasteiger partial charge in [-0.25, -0.2) is 0 Å². The van der Waals surface area contributed by atoms with Gasteiger partial charge in [-0.15, -0.1) is 0 Å². The molecule has 0 bridgehead atoms. The maximum absolute atomic E-state index is 13.2. The van der Waals surface area contributed by atoms with Crippen molar-refractivity contribution in [2.24, 2.45) is 0 Å². The van der Waals surface area contributed by atoms with Gasteiger partial charge >= 0.3 is 0 Å². The van der Waals surface area contributed by atoms with Crippen molar-refractivity contribution in [1.82, 2.24) is 14.8 Å². The molecule has 1 N–H and O–H groups in total. The first-order valence-electron chi connectivity index (χ1n) is 13.4. The molecule has 0 saturated carbocycles. The van der Waals surface area contributed by atoms with Crippen LogP contribution in [0.2, 0.25) is 0 Å². The molecule has 1 aliphatic rings. The fourth-order valence-electron chi connectivity index (χ4n) is 5.26. The molecular weight excluding hydrogens is 492 g/mol. The number of morpholine rings is 1. The summed E-state index contributed by atoms with van der Waals surface area (Å²) in [6, 6.07) is 23.3. The lowest BCUT2D eigenvalue weighted by molar-refractivity contribution is -0.384. The predicted molar refractivity (Wildman–Crippen MR) is 152 cm³/mol. The first-order chi connectivity index (χ1) is 19.0. The van der Waals surface area contributed by atoms with Gasteiger partial charge in [-0.3, -0.25) is 19.8 Å². The van der Waals surface area contributed by atoms with Crippen LogP contribution in [0.15, 0.2) is 79.0 Å². The first-order valence-corrected chi connectivity index (χ1v) is 13.4. The molecule has 0 aliphatic carbocycles. The quantitative estimate of drug-likeness (QED) is 0.235. The van der Waals surface area contributed by atoms with Crippen LogP contribution in [0.1, 0.15) is 34.6 Å². The van der Waals surface area contributed by atoms with Gasteiger partial charge < -0.3 is 14.6 Å². The van der Waals surface area contributed by atoms with Crippen LogP contribution in [-0.2, 0) is 16.1 Å². The summed E-state index contributed by atoms with van der Waals surface area (Å²) in [4.78, 5) is 26.9. The number of fused-ring (bicyclic) bond motifs is 1. The number of hydrogen-bond acceptors (Lipinski definition) is 5. The van der Waals surface area contributed by atoms with E-state index in [4.69, 9.17) is 4.74 Å². The lowest BCUT2D eigenvalue weighted by Crippen LogP contribution is -2.41. The molecule has 39 heavy (non-hydrogen) atoms. The predicted octanol–water partition coefficient (Wildman–Crippen LogP) is 4.88. The van der Waals surface area contributed by atoms with Crippen molar-refractivity contribution in [1.29, 1.82) is 0 Å². The minimum atomic E-state index is -0.364. The molecule has 8 heteroatoms. The van der Waals surface area contributed by atoms with E-state index in [0.29, 0.717) is 13.1 Å². The van der Waals surface area contributed by atoms with Crippen LogP contribution in [0.3, 0.4) is 0 Å². The summed E-state index contributed by atoms with van der Waals surface area (Å²) in [7, 11) is 0. The Morgan fingerprint density at radius 3 is 2.51 bits per heavy atom. The number of nitrogens with one attached hydrogen (secondary N) is 1. The molecule has 0 radical (unpaired) electrons. The molecule has 1 fully saturated rings. The highest BCUT2D eigenvalue weighted by Gasteiger charge is 2.24. The molecule has 8 nitrogen and oxygen atoms in total. The SMILES string of the molecule is Cc1ccc([C@H](CC(=O)NCCN2CCOCC2)c2cn(Cc3ccccc3)c3ccc([N+](=O)[O-])cc23)cc1. The summed E-state index contributed by atoms with van der Waals surface area (Å²) < 4.78 is 7.54. The normalized spacial score (nSPS) is 14.8. The van der Waals surface area contributed by atoms with Crippen LogP contribution >= 0.6 is 0 Å². The number of carbonyl (C=O) groups excluding carboxylic acids is 1. The molecular formula is C31H34N4O4. The number of benzene rings is 3. The van der Waals surface area contributed by atoms with Gasteiger partial charge in [0.25, 0.3) is 5.69 Å². The Balaban J connectivity index is 1.48. The van der Waals surface area contributed by atoms with Crippen LogP contribution in [0.25, 0.3) is 10.9 Å². The summed E-state index contributed by atoms with van der Waals surface area (Å²) in [6.45, 7) is 7.22. The van der Waals surface area contributed by atoms with Crippen molar-refractivity contribution in [3.05, 3.63) is 111 Å². The number of nitrogens with zero attached hydrogens (tertiary/aromatic N) is 3. The van der Waals surface area contributed by atoms with E-state index < -0.39 is 0 Å². The zero-order valence-electron chi connectivity index (χ0n) is 22.2. The molecule has 202 valence electrons. The summed E-state index contributed by atoms with van der Waals surface area (Å²) in [5.41, 5.74) is 5.13. The Bertz CT molecular complexity index is 1430. The van der Waals surface area contributed by atoms with E-state index in [1.165, 1.54) is 0 Å². The van der Waals surface area contributed by atoms with Crippen LogP contribution in [0.4, 0.5) is 5.69 Å². The fourth-order valence-corrected chi connectivity index (χ4v) is 5.26. The second-order valence-corrected chi connectivity index (χ2v) is 10.1. The third-order valence-electron chi connectivity index (χ3n) is 7.40. The Hall–Kier alpha value is -4.01. The van der Waals surface area contributed by atoms with Crippen molar-refractivity contribution < 1.29 is 14.5 Å². The highest BCUT2D eigenvalue weighted by molar-refractivity contribution is 5.88. The van der Waals surface area contributed by atoms with E-state index >= 15 is 0 Å². The number of nitro benzene ring substituents is 1. The average Bonchev–Trinajstić information content (AvgIpc) is 3.30. The van der Waals surface area contributed by atoms with E-state index in [1.807, 2.05) is 43.3 Å². The Labute approximate surface area is 228 Å². The lowest BCUT2D eigenvalue weighted by Gasteiger charge is -2.26. The number of amides is 1. The number of nitro groups is 1. The highest BCUT2D eigenvalue weighted by Crippen LogP contribution is 2.37. The molecule has 1 saturated heterocycles. The molecule has 1 atom stereocenters. The molecule has 4 aromatic rings. The molecule has 5 rings (SSSR count). The molecule has 3 aromatic carbocycles. The van der Waals surface area contributed by atoms with Crippen molar-refractivity contribution in [2.45, 2.75) is 25.8 Å². The average molecular weight is 527 g/mol. The van der Waals surface area contributed by atoms with Crippen molar-refractivity contribution in [3.63, 3.8) is 0 Å². The van der Waals surface area contributed by atoms with E-state index in [0.717, 1.165) is 66.0 Å². The Morgan fingerprint density at radius 2 is 1.79 bits per heavy atom. The van der Waals surface area contributed by atoms with Crippen LogP contribution in [0, 0.1) is 17.0 Å². The summed E-state index contributed by atoms with van der Waals surface area (Å²) in [5.74, 6) is -0.293. The zero-order chi connectivity index (χ0) is 27.2. The smallest absolute Gasteiger partial charge is 0.270 e. The van der Waals surface area contributed by atoms with Crippen LogP contribution in [0.5, 0.6) is 0 Å². The van der Waals surface area contributed by atoms with Gasteiger partial charge in [-0.05, 0) is 29.7 Å². The lowest BCUT2D eigenvalue weighted by atomic mass is 9.87. The van der Waals surface area contributed by atoms with Crippen molar-refractivity contribution in [2.75, 3.05) is 39.4 Å². The van der Waals surface area contributed by atoms with Gasteiger partial charge in [0, 0.05) is 74.3 Å². The largest absolute Gasteiger partial charge is 0.379 e. The second-order valence-electron chi connectivity index (χ2n) is 10.1. The second kappa shape index (κ2) is 12.2. The van der Waals surface area contributed by atoms with Gasteiger partial charge in [0.05, 0.1) is 18.1 Å². The maximum atomic E-state index is 13.2. The number of non-ortho nitro benzene ring substituents is 1. The molecule has 0 spiro atoms. The number of rotatable bonds is 10. The molecule has 0 unspecified atom stereocenters. The standard InChI is InChI=1S/C31H34N4O4/c1-23-7-9-25(10-8-23)27(20-31(36)32-13-14-33-15-17-39-18-16-33)29-22-34(21-24-5-3-2-4-6-24)30-12-11-26(35(37)38)19-28(29)30/h2-12,19,22,27H,13-18,20-21H2,1H3,(H,32,36)/t27-/m0/s1. The number of ether oxygens (including phenoxy) is 1. The van der Waals surface area contributed by atoms with Gasteiger partial charge in [0.15, 0.2) is 0 Å². The van der Waals surface area contributed by atoms with E-state index in [9.17, 15) is 14.9 Å². The molecule has 1 amide bonds. The number of carbonyl (C=O) groups is 1. The van der Waals surface area contributed by atoms with E-state index in [-0.39, 0.29) is 28.9 Å².